The van der Waals surface area contributed by atoms with E-state index in [4.69, 9.17) is 10.5 Å². The van der Waals surface area contributed by atoms with Gasteiger partial charge in [-0.2, -0.15) is 0 Å². The number of hydrogen-bond acceptors (Lipinski definition) is 5. The van der Waals surface area contributed by atoms with Crippen molar-refractivity contribution in [2.24, 2.45) is 5.73 Å². The Hall–Kier alpha value is -3.19. The number of fused-ring (bicyclic) bond motifs is 2. The average molecular weight is 520 g/mol. The Morgan fingerprint density at radius 2 is 1.74 bits per heavy atom. The molecule has 204 valence electrons. The molecule has 0 bridgehead atoms. The van der Waals surface area contributed by atoms with Gasteiger partial charge in [0.2, 0.25) is 11.8 Å². The Kier molecular flexibility index (Phi) is 8.56. The van der Waals surface area contributed by atoms with Crippen molar-refractivity contribution < 1.29 is 19.1 Å². The van der Waals surface area contributed by atoms with Crippen LogP contribution in [0.5, 0.6) is 0 Å². The summed E-state index contributed by atoms with van der Waals surface area (Å²) >= 11 is 0. The first-order valence-corrected chi connectivity index (χ1v) is 13.8. The molecule has 0 radical (unpaired) electrons. The Labute approximate surface area is 226 Å². The van der Waals surface area contributed by atoms with Crippen LogP contribution in [0.2, 0.25) is 0 Å². The number of aryl methyl sites for hydroxylation is 1. The van der Waals surface area contributed by atoms with Crippen molar-refractivity contribution in [3.63, 3.8) is 0 Å². The molecule has 2 amide bonds. The van der Waals surface area contributed by atoms with E-state index in [1.54, 1.807) is 13.8 Å². The molecule has 2 aromatic carbocycles. The van der Waals surface area contributed by atoms with Crippen LogP contribution in [-0.2, 0) is 31.0 Å². The second kappa shape index (κ2) is 11.7. The first kappa shape index (κ1) is 27.8. The minimum Gasteiger partial charge on any atom is -0.466 e. The summed E-state index contributed by atoms with van der Waals surface area (Å²) in [6, 6.07) is 17.7. The second-order valence-corrected chi connectivity index (χ2v) is 11.3. The summed E-state index contributed by atoms with van der Waals surface area (Å²) in [6.07, 6.45) is 4.42. The average Bonchev–Trinajstić information content (AvgIpc) is 3.22. The third kappa shape index (κ3) is 6.09. The number of amides is 2. The highest BCUT2D eigenvalue weighted by Gasteiger charge is 2.48. The van der Waals surface area contributed by atoms with Crippen molar-refractivity contribution in [1.82, 2.24) is 10.2 Å². The molecule has 1 aliphatic heterocycles. The SMILES string of the molecule is CCOC(=O)C1CC2(CCN(C(=O)[C@@H](CCCc3ccccc3)NC(=O)C(C)(C)N)CC2)c2ccccc21. The number of nitrogens with zero attached hydrogens (tertiary/aromatic N) is 1. The molecule has 1 unspecified atom stereocenters. The number of carbonyl (C=O) groups is 3. The number of ether oxygens (including phenoxy) is 1. The lowest BCUT2D eigenvalue weighted by atomic mass is 9.73. The first-order valence-electron chi connectivity index (χ1n) is 13.8. The molecule has 4 rings (SSSR count). The second-order valence-electron chi connectivity index (χ2n) is 11.3. The number of nitrogens with two attached hydrogens (primary N) is 1. The number of nitrogens with one attached hydrogen (secondary N) is 1. The zero-order valence-corrected chi connectivity index (χ0v) is 22.9. The minimum absolute atomic E-state index is 0.0567. The minimum atomic E-state index is -1.07. The maximum absolute atomic E-state index is 13.7. The van der Waals surface area contributed by atoms with Crippen LogP contribution in [0.4, 0.5) is 0 Å². The predicted octanol–water partition coefficient (Wildman–Crippen LogP) is 3.84. The third-order valence-corrected chi connectivity index (χ3v) is 8.10. The van der Waals surface area contributed by atoms with E-state index in [-0.39, 0.29) is 29.1 Å². The molecule has 1 aliphatic carbocycles. The van der Waals surface area contributed by atoms with E-state index in [1.807, 2.05) is 48.2 Å². The highest BCUT2D eigenvalue weighted by Crippen LogP contribution is 2.52. The monoisotopic (exact) mass is 519 g/mol. The van der Waals surface area contributed by atoms with Gasteiger partial charge in [-0.3, -0.25) is 14.4 Å². The lowest BCUT2D eigenvalue weighted by Gasteiger charge is -2.41. The van der Waals surface area contributed by atoms with E-state index < -0.39 is 11.6 Å². The van der Waals surface area contributed by atoms with Crippen LogP contribution in [-0.4, -0.2) is 54.0 Å². The number of esters is 1. The number of likely N-dealkylation sites (tertiary alicyclic amines) is 1. The summed E-state index contributed by atoms with van der Waals surface area (Å²) in [4.78, 5) is 41.1. The Bertz CT molecular complexity index is 1130. The van der Waals surface area contributed by atoms with Crippen LogP contribution < -0.4 is 11.1 Å². The largest absolute Gasteiger partial charge is 0.466 e. The summed E-state index contributed by atoms with van der Waals surface area (Å²) in [5.74, 6) is -0.809. The van der Waals surface area contributed by atoms with Crippen LogP contribution in [0.3, 0.4) is 0 Å². The number of benzene rings is 2. The van der Waals surface area contributed by atoms with Gasteiger partial charge in [0.15, 0.2) is 0 Å². The Morgan fingerprint density at radius 3 is 2.39 bits per heavy atom. The number of carbonyl (C=O) groups excluding carboxylic acids is 3. The first-order chi connectivity index (χ1) is 18.1. The quantitative estimate of drug-likeness (QED) is 0.490. The zero-order chi connectivity index (χ0) is 27.3. The van der Waals surface area contributed by atoms with Crippen molar-refractivity contribution in [3.8, 4) is 0 Å². The van der Waals surface area contributed by atoms with Gasteiger partial charge in [0, 0.05) is 18.5 Å². The standard InChI is InChI=1S/C31H41N3O4/c1-4-38-28(36)24-21-31(25-15-9-8-14-23(24)25)17-19-34(20-18-31)27(35)26(33-29(37)30(2,3)32)16-10-13-22-11-6-5-7-12-22/h5-9,11-12,14-15,24,26H,4,10,13,16-21,32H2,1-3H3,(H,33,37)/t24?,26-/m1/s1. The molecule has 1 spiro atoms. The molecule has 7 nitrogen and oxygen atoms in total. The fourth-order valence-electron chi connectivity index (χ4n) is 5.95. The molecule has 2 aliphatic rings. The van der Waals surface area contributed by atoms with Crippen LogP contribution in [0.15, 0.2) is 54.6 Å². The number of rotatable bonds is 9. The molecule has 0 saturated carbocycles. The normalized spacial score (nSPS) is 19.1. The molecule has 1 fully saturated rings. The molecule has 7 heteroatoms. The smallest absolute Gasteiger partial charge is 0.313 e. The van der Waals surface area contributed by atoms with Crippen molar-refractivity contribution in [2.75, 3.05) is 19.7 Å². The van der Waals surface area contributed by atoms with Gasteiger partial charge in [-0.25, -0.2) is 0 Å². The summed E-state index contributed by atoms with van der Waals surface area (Å²) in [7, 11) is 0. The topological polar surface area (TPSA) is 102 Å². The fraction of sp³-hybridized carbons (Fsp3) is 0.516. The van der Waals surface area contributed by atoms with Crippen LogP contribution in [0.25, 0.3) is 0 Å². The Balaban J connectivity index is 1.45. The third-order valence-electron chi connectivity index (χ3n) is 8.10. The van der Waals surface area contributed by atoms with Crippen molar-refractivity contribution in [1.29, 1.82) is 0 Å². The van der Waals surface area contributed by atoms with E-state index in [2.05, 4.69) is 23.5 Å². The summed E-state index contributed by atoms with van der Waals surface area (Å²) < 4.78 is 5.39. The molecule has 1 saturated heterocycles. The van der Waals surface area contributed by atoms with E-state index in [0.717, 1.165) is 31.2 Å². The molecular formula is C31H41N3O4. The molecule has 0 aromatic heterocycles. The van der Waals surface area contributed by atoms with Crippen LogP contribution in [0, 0.1) is 0 Å². The van der Waals surface area contributed by atoms with E-state index in [9.17, 15) is 14.4 Å². The number of piperidine rings is 1. The molecule has 38 heavy (non-hydrogen) atoms. The summed E-state index contributed by atoms with van der Waals surface area (Å²) in [5, 5.41) is 2.94. The van der Waals surface area contributed by atoms with Gasteiger partial charge in [0.05, 0.1) is 18.1 Å². The van der Waals surface area contributed by atoms with Gasteiger partial charge in [-0.15, -0.1) is 0 Å². The maximum Gasteiger partial charge on any atom is 0.313 e. The van der Waals surface area contributed by atoms with E-state index in [0.29, 0.717) is 32.5 Å². The molecule has 3 N–H and O–H groups in total. The number of hydrogen-bond donors (Lipinski definition) is 2. The van der Waals surface area contributed by atoms with Gasteiger partial charge in [0.25, 0.3) is 0 Å². The zero-order valence-electron chi connectivity index (χ0n) is 22.9. The molecular weight excluding hydrogens is 478 g/mol. The maximum atomic E-state index is 13.7. The van der Waals surface area contributed by atoms with Gasteiger partial charge in [-0.1, -0.05) is 54.6 Å². The Morgan fingerprint density at radius 1 is 1.08 bits per heavy atom. The van der Waals surface area contributed by atoms with E-state index in [1.165, 1.54) is 11.1 Å². The molecule has 2 atom stereocenters. The van der Waals surface area contributed by atoms with Gasteiger partial charge >= 0.3 is 5.97 Å². The fourth-order valence-corrected chi connectivity index (χ4v) is 5.95. The molecule has 1 heterocycles. The summed E-state index contributed by atoms with van der Waals surface area (Å²) in [5.41, 5.74) is 8.30. The van der Waals surface area contributed by atoms with Crippen molar-refractivity contribution >= 4 is 17.8 Å². The van der Waals surface area contributed by atoms with Crippen molar-refractivity contribution in [2.45, 2.75) is 82.2 Å². The summed E-state index contributed by atoms with van der Waals surface area (Å²) in [6.45, 7) is 6.66. The highest BCUT2D eigenvalue weighted by molar-refractivity contribution is 5.91. The lowest BCUT2D eigenvalue weighted by molar-refractivity contribution is -0.145. The predicted molar refractivity (Wildman–Crippen MR) is 148 cm³/mol. The van der Waals surface area contributed by atoms with Crippen LogP contribution >= 0.6 is 0 Å². The van der Waals surface area contributed by atoms with Gasteiger partial charge < -0.3 is 20.7 Å². The van der Waals surface area contributed by atoms with E-state index >= 15 is 0 Å². The van der Waals surface area contributed by atoms with Gasteiger partial charge in [0.1, 0.15) is 6.04 Å². The van der Waals surface area contributed by atoms with Crippen molar-refractivity contribution in [3.05, 3.63) is 71.3 Å². The van der Waals surface area contributed by atoms with Gasteiger partial charge in [-0.05, 0) is 76.0 Å². The molecule has 2 aromatic rings. The lowest BCUT2D eigenvalue weighted by Crippen LogP contribution is -2.57. The highest BCUT2D eigenvalue weighted by atomic mass is 16.5. The van der Waals surface area contributed by atoms with Crippen LogP contribution in [0.1, 0.15) is 75.5 Å².